The van der Waals surface area contributed by atoms with Gasteiger partial charge in [-0.25, -0.2) is 0 Å². The molecule has 0 spiro atoms. The summed E-state index contributed by atoms with van der Waals surface area (Å²) in [6, 6.07) is -0.653. The summed E-state index contributed by atoms with van der Waals surface area (Å²) in [5, 5.41) is 23.3. The molecule has 2 atom stereocenters. The minimum absolute atomic E-state index is 0.0808. The molecule has 0 bridgehead atoms. The van der Waals surface area contributed by atoms with Crippen molar-refractivity contribution in [2.75, 3.05) is 6.61 Å². The lowest BCUT2D eigenvalue weighted by Crippen LogP contribution is -2.45. The van der Waals surface area contributed by atoms with Crippen LogP contribution in [0.5, 0.6) is 0 Å². The Morgan fingerprint density at radius 3 is 0.843 bits per heavy atom. The third-order valence-corrected chi connectivity index (χ3v) is 15.6. The standard InChI is InChI=1S/C79H135NO3/c1-3-5-7-9-11-13-15-17-19-21-23-25-27-29-31-33-35-36-37-38-39-40-41-42-43-44-45-47-49-51-53-55-57-59-61-63-65-67-69-71-73-75-79(83)80-77(76-81)78(82)74-72-70-68-66-64-62-60-58-56-54-52-50-48-46-34-32-30-28-26-24-22-20-18-16-14-12-10-8-6-4-2/h5,7,11,13,17,19,23,25,29,31,35-36,38-39,41-42,44-45,49,51,64,66,72,74,77-78,81-82H,3-4,6,8-10,12,14-16,18,20-22,24,26-28,30,32-34,37,40,43,46-48,50,52-63,65,67-71,73,75-76H2,1-2H3,(H,80,83)/b7-5-,13-11-,19-17-,25-23-,31-29-,36-35-,39-38-,42-41-,45-44-,51-49-,66-64+,74-72+. The molecule has 0 aliphatic rings. The van der Waals surface area contributed by atoms with Crippen molar-refractivity contribution in [2.45, 2.75) is 341 Å². The van der Waals surface area contributed by atoms with Gasteiger partial charge in [-0.15, -0.1) is 0 Å². The summed E-state index contributed by atoms with van der Waals surface area (Å²) < 4.78 is 0. The van der Waals surface area contributed by atoms with Gasteiger partial charge in [-0.05, 0) is 109 Å². The number of hydrogen-bond acceptors (Lipinski definition) is 3. The zero-order chi connectivity index (χ0) is 59.8. The number of allylic oxidation sites excluding steroid dienone is 23. The molecule has 83 heavy (non-hydrogen) atoms. The van der Waals surface area contributed by atoms with Crippen molar-refractivity contribution < 1.29 is 15.0 Å². The number of hydrogen-bond donors (Lipinski definition) is 3. The Labute approximate surface area is 516 Å². The maximum absolute atomic E-state index is 12.5. The number of carbonyl (C=O) groups excluding carboxylic acids is 1. The molecule has 0 aliphatic heterocycles. The van der Waals surface area contributed by atoms with Crippen molar-refractivity contribution in [3.8, 4) is 0 Å². The highest BCUT2D eigenvalue weighted by molar-refractivity contribution is 5.76. The highest BCUT2D eigenvalue weighted by Gasteiger charge is 2.18. The highest BCUT2D eigenvalue weighted by Crippen LogP contribution is 2.17. The van der Waals surface area contributed by atoms with Crippen molar-refractivity contribution >= 4 is 5.91 Å². The Hall–Kier alpha value is -3.73. The lowest BCUT2D eigenvalue weighted by molar-refractivity contribution is -0.123. The molecular formula is C79H135NO3. The van der Waals surface area contributed by atoms with Crippen LogP contribution in [0.15, 0.2) is 146 Å². The number of aliphatic hydroxyl groups is 2. The van der Waals surface area contributed by atoms with Crippen LogP contribution >= 0.6 is 0 Å². The van der Waals surface area contributed by atoms with Gasteiger partial charge in [0.2, 0.25) is 5.91 Å². The molecule has 0 saturated heterocycles. The number of amides is 1. The smallest absolute Gasteiger partial charge is 0.220 e. The Morgan fingerprint density at radius 1 is 0.301 bits per heavy atom. The predicted molar refractivity (Wildman–Crippen MR) is 372 cm³/mol. The Balaban J connectivity index is 3.59. The number of nitrogens with one attached hydrogen (secondary N) is 1. The summed E-state index contributed by atoms with van der Waals surface area (Å²) in [5.41, 5.74) is 0. The predicted octanol–water partition coefficient (Wildman–Crippen LogP) is 24.7. The molecule has 0 aromatic rings. The van der Waals surface area contributed by atoms with Crippen LogP contribution < -0.4 is 5.32 Å². The first kappa shape index (κ1) is 79.3. The Kier molecular flexibility index (Phi) is 69.3. The first-order valence-electron chi connectivity index (χ1n) is 35.5. The molecule has 0 aliphatic carbocycles. The molecule has 0 rings (SSSR count). The molecule has 0 aromatic carbocycles. The third-order valence-electron chi connectivity index (χ3n) is 15.6. The summed E-state index contributed by atoms with van der Waals surface area (Å²) in [6.07, 6.45) is 114. The SMILES string of the molecule is CC/C=C\C/C=C\C/C=C\C/C=C\C/C=C\C/C=C\C/C=C\C/C=C\C/C=C\C/C=C\CCCCCCCCCCCCC(=O)NC(CO)C(O)/C=C/CC/C=C/CCCCCCCCCCCCCCCCCCCCCCCCCC. The maximum atomic E-state index is 12.5. The van der Waals surface area contributed by atoms with Gasteiger partial charge in [0.05, 0.1) is 18.8 Å². The minimum atomic E-state index is -0.875. The van der Waals surface area contributed by atoms with E-state index in [0.29, 0.717) is 6.42 Å². The third kappa shape index (κ3) is 68.9. The monoisotopic (exact) mass is 1150 g/mol. The van der Waals surface area contributed by atoms with Gasteiger partial charge in [-0.2, -0.15) is 0 Å². The summed E-state index contributed by atoms with van der Waals surface area (Å²) in [6.45, 7) is 4.20. The summed E-state index contributed by atoms with van der Waals surface area (Å²) in [4.78, 5) is 12.5. The van der Waals surface area contributed by atoms with Gasteiger partial charge < -0.3 is 15.5 Å². The van der Waals surface area contributed by atoms with Crippen molar-refractivity contribution in [3.63, 3.8) is 0 Å². The van der Waals surface area contributed by atoms with E-state index in [1.165, 1.54) is 205 Å². The lowest BCUT2D eigenvalue weighted by Gasteiger charge is -2.19. The van der Waals surface area contributed by atoms with Gasteiger partial charge in [0.15, 0.2) is 0 Å². The van der Waals surface area contributed by atoms with E-state index in [2.05, 4.69) is 153 Å². The fraction of sp³-hybridized carbons (Fsp3) is 0.684. The second-order valence-electron chi connectivity index (χ2n) is 23.6. The maximum Gasteiger partial charge on any atom is 0.220 e. The van der Waals surface area contributed by atoms with Crippen LogP contribution in [0.1, 0.15) is 328 Å². The first-order valence-corrected chi connectivity index (χ1v) is 35.5. The van der Waals surface area contributed by atoms with Gasteiger partial charge in [0.25, 0.3) is 0 Å². The molecule has 0 saturated carbocycles. The number of unbranched alkanes of at least 4 members (excludes halogenated alkanes) is 35. The largest absolute Gasteiger partial charge is 0.394 e. The molecule has 0 fully saturated rings. The van der Waals surface area contributed by atoms with E-state index >= 15 is 0 Å². The lowest BCUT2D eigenvalue weighted by atomic mass is 10.0. The molecule has 4 heteroatoms. The molecule has 0 radical (unpaired) electrons. The van der Waals surface area contributed by atoms with Crippen LogP contribution in [0.3, 0.4) is 0 Å². The van der Waals surface area contributed by atoms with Gasteiger partial charge >= 0.3 is 0 Å². The fourth-order valence-corrected chi connectivity index (χ4v) is 10.2. The molecule has 1 amide bonds. The average Bonchev–Trinajstić information content (AvgIpc) is 3.51. The average molecular weight is 1150 g/mol. The van der Waals surface area contributed by atoms with Crippen LogP contribution in [0, 0.1) is 0 Å². The van der Waals surface area contributed by atoms with Crippen LogP contribution in [0.4, 0.5) is 0 Å². The van der Waals surface area contributed by atoms with Gasteiger partial charge in [0, 0.05) is 6.42 Å². The van der Waals surface area contributed by atoms with Gasteiger partial charge in [-0.1, -0.05) is 359 Å². The second kappa shape index (κ2) is 72.5. The van der Waals surface area contributed by atoms with Gasteiger partial charge in [-0.3, -0.25) is 4.79 Å². The van der Waals surface area contributed by atoms with E-state index < -0.39 is 12.1 Å². The summed E-state index contributed by atoms with van der Waals surface area (Å²) in [5.74, 6) is -0.0808. The van der Waals surface area contributed by atoms with Crippen LogP contribution in [0.2, 0.25) is 0 Å². The van der Waals surface area contributed by atoms with Crippen molar-refractivity contribution in [3.05, 3.63) is 146 Å². The molecule has 4 nitrogen and oxygen atoms in total. The molecular weight excluding hydrogens is 1010 g/mol. The summed E-state index contributed by atoms with van der Waals surface area (Å²) >= 11 is 0. The molecule has 474 valence electrons. The topological polar surface area (TPSA) is 69.6 Å². The van der Waals surface area contributed by atoms with E-state index in [9.17, 15) is 15.0 Å². The van der Waals surface area contributed by atoms with E-state index in [1.807, 2.05) is 6.08 Å². The normalized spacial score (nSPS) is 13.6. The van der Waals surface area contributed by atoms with Crippen molar-refractivity contribution in [1.82, 2.24) is 5.32 Å². The highest BCUT2D eigenvalue weighted by atomic mass is 16.3. The molecule has 2 unspecified atom stereocenters. The minimum Gasteiger partial charge on any atom is -0.394 e. The Morgan fingerprint density at radius 2 is 0.542 bits per heavy atom. The van der Waals surface area contributed by atoms with E-state index in [4.69, 9.17) is 0 Å². The number of rotatable bonds is 64. The quantitative estimate of drug-likeness (QED) is 0.0420. The van der Waals surface area contributed by atoms with Gasteiger partial charge in [0.1, 0.15) is 0 Å². The van der Waals surface area contributed by atoms with Crippen molar-refractivity contribution in [2.24, 2.45) is 0 Å². The van der Waals surface area contributed by atoms with Crippen LogP contribution in [-0.4, -0.2) is 34.9 Å². The number of carbonyl (C=O) groups is 1. The molecule has 3 N–H and O–H groups in total. The molecule has 0 aromatic heterocycles. The zero-order valence-electron chi connectivity index (χ0n) is 54.7. The Bertz CT molecular complexity index is 1680. The van der Waals surface area contributed by atoms with E-state index in [1.54, 1.807) is 6.08 Å². The molecule has 0 heterocycles. The van der Waals surface area contributed by atoms with Crippen LogP contribution in [-0.2, 0) is 4.79 Å². The zero-order valence-corrected chi connectivity index (χ0v) is 54.7. The second-order valence-corrected chi connectivity index (χ2v) is 23.6. The fourth-order valence-electron chi connectivity index (χ4n) is 10.2. The first-order chi connectivity index (χ1) is 41.2. The summed E-state index contributed by atoms with van der Waals surface area (Å²) in [7, 11) is 0. The van der Waals surface area contributed by atoms with Crippen molar-refractivity contribution in [1.29, 1.82) is 0 Å². The van der Waals surface area contributed by atoms with Crippen LogP contribution in [0.25, 0.3) is 0 Å². The number of aliphatic hydroxyl groups excluding tert-OH is 2. The van der Waals surface area contributed by atoms with E-state index in [0.717, 1.165) is 103 Å². The van der Waals surface area contributed by atoms with E-state index in [-0.39, 0.29) is 12.5 Å².